The summed E-state index contributed by atoms with van der Waals surface area (Å²) in [5, 5.41) is 21.0. The quantitative estimate of drug-likeness (QED) is 0.269. The number of halogens is 3. The molecule has 1 heterocycles. The van der Waals surface area contributed by atoms with E-state index >= 15 is 0 Å². The Balaban J connectivity index is 1.96. The third-order valence-electron chi connectivity index (χ3n) is 6.89. The molecule has 0 aliphatic heterocycles. The van der Waals surface area contributed by atoms with Crippen molar-refractivity contribution in [2.45, 2.75) is 65.4 Å². The van der Waals surface area contributed by atoms with Crippen molar-refractivity contribution in [2.24, 2.45) is 11.7 Å². The third kappa shape index (κ3) is 7.01. The number of aromatic nitrogens is 2. The molecular weight excluding hydrogens is 553 g/mol. The first-order chi connectivity index (χ1) is 19.4. The lowest BCUT2D eigenvalue weighted by Crippen LogP contribution is -2.60. The van der Waals surface area contributed by atoms with Crippen LogP contribution in [0.4, 0.5) is 18.9 Å². The lowest BCUT2D eigenvalue weighted by Gasteiger charge is -2.38. The Labute approximate surface area is 242 Å². The van der Waals surface area contributed by atoms with E-state index in [4.69, 9.17) is 5.73 Å². The maximum atomic E-state index is 14.2. The van der Waals surface area contributed by atoms with E-state index in [0.717, 1.165) is 4.90 Å². The fourth-order valence-corrected chi connectivity index (χ4v) is 4.36. The Morgan fingerprint density at radius 1 is 1.10 bits per heavy atom. The molecule has 5 N–H and O–H groups in total. The van der Waals surface area contributed by atoms with E-state index < -0.39 is 60.6 Å². The van der Waals surface area contributed by atoms with Gasteiger partial charge in [0.05, 0.1) is 30.5 Å². The largest absolute Gasteiger partial charge is 0.420 e. The summed E-state index contributed by atoms with van der Waals surface area (Å²) in [6.45, 7) is 7.75. The number of carbonyl (C=O) groups is 3. The number of carbonyl (C=O) groups excluding carboxylic acids is 3. The Morgan fingerprint density at radius 3 is 2.33 bits per heavy atom. The Hall–Kier alpha value is -4.13. The normalized spacial score (nSPS) is 14.1. The highest BCUT2D eigenvalue weighted by Gasteiger charge is 2.55. The highest BCUT2D eigenvalue weighted by Crippen LogP contribution is 2.34. The van der Waals surface area contributed by atoms with Gasteiger partial charge < -0.3 is 26.4 Å². The summed E-state index contributed by atoms with van der Waals surface area (Å²) < 4.78 is 44.2. The summed E-state index contributed by atoms with van der Waals surface area (Å²) in [4.78, 5) is 37.6. The Bertz CT molecular complexity index is 1470. The van der Waals surface area contributed by atoms with Gasteiger partial charge in [0.2, 0.25) is 11.8 Å². The van der Waals surface area contributed by atoms with Crippen molar-refractivity contribution in [3.8, 4) is 5.69 Å². The van der Waals surface area contributed by atoms with Gasteiger partial charge in [0, 0.05) is 28.6 Å². The van der Waals surface area contributed by atoms with E-state index in [1.165, 1.54) is 17.8 Å². The Morgan fingerprint density at radius 2 is 1.76 bits per heavy atom. The number of primary amides is 1. The molecule has 0 aliphatic rings. The predicted octanol–water partition coefficient (Wildman–Crippen LogP) is 3.54. The maximum absolute atomic E-state index is 14.2. The first kappa shape index (κ1) is 32.4. The van der Waals surface area contributed by atoms with Crippen molar-refractivity contribution >= 4 is 34.3 Å². The monoisotopic (exact) mass is 590 g/mol. The van der Waals surface area contributed by atoms with Crippen molar-refractivity contribution in [1.29, 1.82) is 0 Å². The number of anilines is 1. The predicted molar refractivity (Wildman–Crippen MR) is 153 cm³/mol. The minimum Gasteiger partial charge on any atom is -0.381 e. The van der Waals surface area contributed by atoms with Gasteiger partial charge >= 0.3 is 6.18 Å². The molecule has 2 aromatic carbocycles. The van der Waals surface area contributed by atoms with Crippen LogP contribution in [0.25, 0.3) is 16.6 Å². The van der Waals surface area contributed by atoms with Crippen molar-refractivity contribution in [3.63, 3.8) is 0 Å². The van der Waals surface area contributed by atoms with Crippen LogP contribution in [0.1, 0.15) is 50.5 Å². The van der Waals surface area contributed by atoms with E-state index in [9.17, 15) is 32.7 Å². The second-order valence-corrected chi connectivity index (χ2v) is 11.0. The minimum atomic E-state index is -5.04. The molecule has 228 valence electrons. The molecule has 0 fully saturated rings. The summed E-state index contributed by atoms with van der Waals surface area (Å²) in [5.41, 5.74) is 4.27. The number of alkyl halides is 3. The lowest BCUT2D eigenvalue weighted by atomic mass is 9.99. The second kappa shape index (κ2) is 12.4. The molecular formula is C29H37F3N6O4. The molecule has 42 heavy (non-hydrogen) atoms. The number of fused-ring (bicyclic) bond motifs is 1. The van der Waals surface area contributed by atoms with Crippen LogP contribution < -0.4 is 16.4 Å². The fourth-order valence-electron chi connectivity index (χ4n) is 4.36. The smallest absolute Gasteiger partial charge is 0.381 e. The van der Waals surface area contributed by atoms with Crippen LogP contribution >= 0.6 is 0 Å². The van der Waals surface area contributed by atoms with Gasteiger partial charge in [-0.25, -0.2) is 4.68 Å². The van der Waals surface area contributed by atoms with Crippen molar-refractivity contribution < 1.29 is 32.7 Å². The molecule has 1 unspecified atom stereocenters. The zero-order valence-electron chi connectivity index (χ0n) is 24.4. The topological polar surface area (TPSA) is 143 Å². The van der Waals surface area contributed by atoms with Gasteiger partial charge in [0.1, 0.15) is 6.04 Å². The summed E-state index contributed by atoms with van der Waals surface area (Å²) in [7, 11) is 0. The number of benzene rings is 2. The zero-order chi connectivity index (χ0) is 31.6. The average molecular weight is 591 g/mol. The van der Waals surface area contributed by atoms with Gasteiger partial charge in [-0.1, -0.05) is 19.9 Å². The molecule has 3 rings (SSSR count). The van der Waals surface area contributed by atoms with E-state index in [2.05, 4.69) is 15.7 Å². The Kier molecular flexibility index (Phi) is 9.56. The molecule has 0 spiro atoms. The summed E-state index contributed by atoms with van der Waals surface area (Å²) in [6.07, 6.45) is -3.57. The van der Waals surface area contributed by atoms with Gasteiger partial charge in [-0.15, -0.1) is 0 Å². The van der Waals surface area contributed by atoms with Crippen molar-refractivity contribution in [3.05, 3.63) is 53.7 Å². The summed E-state index contributed by atoms with van der Waals surface area (Å²) >= 11 is 0. The van der Waals surface area contributed by atoms with Crippen LogP contribution in [0.2, 0.25) is 0 Å². The zero-order valence-corrected chi connectivity index (χ0v) is 24.4. The standard InChI is InChI=1S/C29H37F3N6O4/c1-16(2)27(41)37(17(3)4)15-28(42,29(30,31)32)14-34-23-10-18(5)11-24-22(23)13-35-38(24)21-9-7-8-20(12-21)26(40)36-19(6)25(33)39/h7-13,16-17,19,34,42H,14-15H2,1-6H3,(H2,33,39)(H,36,40)/t19-,28?/m1/s1. The van der Waals surface area contributed by atoms with E-state index in [1.54, 1.807) is 71.0 Å². The molecule has 13 heteroatoms. The summed E-state index contributed by atoms with van der Waals surface area (Å²) in [5.74, 6) is -2.24. The van der Waals surface area contributed by atoms with E-state index in [-0.39, 0.29) is 5.56 Å². The minimum absolute atomic E-state index is 0.246. The van der Waals surface area contributed by atoms with Gasteiger partial charge in [-0.05, 0) is 63.6 Å². The van der Waals surface area contributed by atoms with Crippen LogP contribution in [0, 0.1) is 12.8 Å². The van der Waals surface area contributed by atoms with Crippen LogP contribution in [0.3, 0.4) is 0 Å². The fraction of sp³-hybridized carbons (Fsp3) is 0.448. The number of nitrogens with one attached hydrogen (secondary N) is 2. The second-order valence-electron chi connectivity index (χ2n) is 11.0. The van der Waals surface area contributed by atoms with Gasteiger partial charge in [0.15, 0.2) is 5.60 Å². The number of nitrogens with zero attached hydrogens (tertiary/aromatic N) is 3. The molecule has 0 bridgehead atoms. The average Bonchev–Trinajstić information content (AvgIpc) is 3.32. The number of aliphatic hydroxyl groups is 1. The number of aryl methyl sites for hydroxylation is 1. The lowest BCUT2D eigenvalue weighted by molar-refractivity contribution is -0.259. The molecule has 10 nitrogen and oxygen atoms in total. The molecule has 0 radical (unpaired) electrons. The van der Waals surface area contributed by atoms with Gasteiger partial charge in [-0.3, -0.25) is 14.4 Å². The first-order valence-corrected chi connectivity index (χ1v) is 13.5. The van der Waals surface area contributed by atoms with Crippen molar-refractivity contribution in [1.82, 2.24) is 20.0 Å². The number of rotatable bonds is 11. The number of hydrogen-bond acceptors (Lipinski definition) is 6. The molecule has 3 aromatic rings. The SMILES string of the molecule is Cc1cc(NCC(O)(CN(C(=O)C(C)C)C(C)C)C(F)(F)F)c2cnn(-c3cccc(C(=O)N[C@H](C)C(N)=O)c3)c2c1. The van der Waals surface area contributed by atoms with Crippen LogP contribution in [-0.2, 0) is 9.59 Å². The molecule has 0 aliphatic carbocycles. The molecule has 1 aromatic heterocycles. The highest BCUT2D eigenvalue weighted by molar-refractivity contribution is 5.98. The van der Waals surface area contributed by atoms with Crippen LogP contribution in [0.15, 0.2) is 42.6 Å². The van der Waals surface area contributed by atoms with Gasteiger partial charge in [0.25, 0.3) is 5.91 Å². The maximum Gasteiger partial charge on any atom is 0.420 e. The van der Waals surface area contributed by atoms with E-state index in [0.29, 0.717) is 27.8 Å². The highest BCUT2D eigenvalue weighted by atomic mass is 19.4. The number of hydrogen-bond donors (Lipinski definition) is 4. The van der Waals surface area contributed by atoms with Gasteiger partial charge in [-0.2, -0.15) is 18.3 Å². The molecule has 3 amide bonds. The van der Waals surface area contributed by atoms with Crippen molar-refractivity contribution in [2.75, 3.05) is 18.4 Å². The first-order valence-electron chi connectivity index (χ1n) is 13.5. The molecule has 0 saturated carbocycles. The van der Waals surface area contributed by atoms with E-state index in [1.807, 2.05) is 0 Å². The van der Waals surface area contributed by atoms with Crippen LogP contribution in [-0.4, -0.2) is 74.5 Å². The van der Waals surface area contributed by atoms with Crippen LogP contribution in [0.5, 0.6) is 0 Å². The molecule has 2 atom stereocenters. The summed E-state index contributed by atoms with van der Waals surface area (Å²) in [6, 6.07) is 8.42. The third-order valence-corrected chi connectivity index (χ3v) is 6.89. The number of nitrogens with two attached hydrogens (primary N) is 1. The molecule has 0 saturated heterocycles. The number of amides is 3.